The Hall–Kier alpha value is -0.463. The molecule has 0 aliphatic heterocycles. The first-order valence-electron chi connectivity index (χ1n) is 6.94. The van der Waals surface area contributed by atoms with Crippen LogP contribution in [0.1, 0.15) is 53.8 Å². The van der Waals surface area contributed by atoms with E-state index >= 15 is 0 Å². The Kier molecular flexibility index (Phi) is 8.45. The second kappa shape index (κ2) is 8.66. The first-order chi connectivity index (χ1) is 8.49. The summed E-state index contributed by atoms with van der Waals surface area (Å²) in [7, 11) is 0. The topological polar surface area (TPSA) is 74.6 Å². The van der Waals surface area contributed by atoms with Crippen LogP contribution in [-0.4, -0.2) is 22.2 Å². The molecule has 4 nitrogen and oxygen atoms in total. The Balaban J connectivity index is 0. The van der Waals surface area contributed by atoms with Crippen LogP contribution in [-0.2, 0) is 9.59 Å². The third kappa shape index (κ3) is 4.85. The molecule has 106 valence electrons. The SMILES string of the molecule is CCC(C(C(=O)O)C(=O)O)C(C)C1CCCCC1.[H-].[Li+]. The van der Waals surface area contributed by atoms with E-state index in [-0.39, 0.29) is 32.1 Å². The number of aliphatic carboxylic acids is 2. The van der Waals surface area contributed by atoms with Gasteiger partial charge in [-0.1, -0.05) is 52.4 Å². The molecule has 0 heterocycles. The first-order valence-corrected chi connectivity index (χ1v) is 6.94. The third-order valence-corrected chi connectivity index (χ3v) is 4.50. The molecule has 1 fully saturated rings. The molecule has 2 N–H and O–H groups in total. The maximum atomic E-state index is 11.1. The van der Waals surface area contributed by atoms with Crippen LogP contribution in [0.4, 0.5) is 0 Å². The van der Waals surface area contributed by atoms with Crippen molar-refractivity contribution in [3.63, 3.8) is 0 Å². The van der Waals surface area contributed by atoms with E-state index in [1.807, 2.05) is 13.8 Å². The van der Waals surface area contributed by atoms with Crippen molar-refractivity contribution in [1.29, 1.82) is 0 Å². The van der Waals surface area contributed by atoms with Gasteiger partial charge >= 0.3 is 30.8 Å². The number of carboxylic acids is 2. The minimum Gasteiger partial charge on any atom is -1.00 e. The van der Waals surface area contributed by atoms with Gasteiger partial charge in [-0.3, -0.25) is 9.59 Å². The first kappa shape index (κ1) is 18.5. The predicted octanol–water partition coefficient (Wildman–Crippen LogP) is 0.131. The minimum absolute atomic E-state index is 0. The van der Waals surface area contributed by atoms with Gasteiger partial charge < -0.3 is 11.6 Å². The van der Waals surface area contributed by atoms with Crippen molar-refractivity contribution in [2.45, 2.75) is 52.4 Å². The fourth-order valence-corrected chi connectivity index (χ4v) is 3.39. The van der Waals surface area contributed by atoms with Crippen molar-refractivity contribution in [3.8, 4) is 0 Å². The van der Waals surface area contributed by atoms with E-state index < -0.39 is 17.9 Å². The van der Waals surface area contributed by atoms with E-state index in [1.165, 1.54) is 19.3 Å². The monoisotopic (exact) mass is 264 g/mol. The average Bonchev–Trinajstić information content (AvgIpc) is 2.35. The van der Waals surface area contributed by atoms with Gasteiger partial charge in [-0.25, -0.2) is 0 Å². The van der Waals surface area contributed by atoms with E-state index in [2.05, 4.69) is 0 Å². The summed E-state index contributed by atoms with van der Waals surface area (Å²) in [6.07, 6.45) is 6.47. The average molecular weight is 264 g/mol. The summed E-state index contributed by atoms with van der Waals surface area (Å²) in [5.74, 6) is -3.25. The summed E-state index contributed by atoms with van der Waals surface area (Å²) >= 11 is 0. The van der Waals surface area contributed by atoms with Crippen LogP contribution < -0.4 is 18.9 Å². The van der Waals surface area contributed by atoms with Crippen LogP contribution in [0.15, 0.2) is 0 Å². The quantitative estimate of drug-likeness (QED) is 0.528. The fourth-order valence-electron chi connectivity index (χ4n) is 3.39. The summed E-state index contributed by atoms with van der Waals surface area (Å²) in [6, 6.07) is 0. The van der Waals surface area contributed by atoms with Crippen LogP contribution in [0, 0.1) is 23.7 Å². The maximum absolute atomic E-state index is 11.1. The molecule has 1 rings (SSSR count). The smallest absolute Gasteiger partial charge is 1.00 e. The molecule has 1 aliphatic rings. The van der Waals surface area contributed by atoms with Crippen molar-refractivity contribution >= 4 is 11.9 Å². The second-order valence-electron chi connectivity index (χ2n) is 5.48. The van der Waals surface area contributed by atoms with Gasteiger partial charge in [-0.2, -0.15) is 0 Å². The van der Waals surface area contributed by atoms with Crippen molar-refractivity contribution < 1.29 is 40.1 Å². The zero-order chi connectivity index (χ0) is 13.7. The molecule has 0 aromatic carbocycles. The van der Waals surface area contributed by atoms with Crippen LogP contribution in [0.25, 0.3) is 0 Å². The molecule has 2 unspecified atom stereocenters. The van der Waals surface area contributed by atoms with Crippen molar-refractivity contribution in [2.24, 2.45) is 23.7 Å². The number of hydrogen-bond acceptors (Lipinski definition) is 2. The van der Waals surface area contributed by atoms with Gasteiger partial charge in [-0.05, 0) is 17.8 Å². The van der Waals surface area contributed by atoms with E-state index in [1.54, 1.807) is 0 Å². The third-order valence-electron chi connectivity index (χ3n) is 4.50. The van der Waals surface area contributed by atoms with Crippen LogP contribution >= 0.6 is 0 Å². The standard InChI is InChI=1S/C14H24O4.Li.H/c1-3-11(12(13(15)16)14(17)18)9(2)10-7-5-4-6-8-10;;/h9-12H,3-8H2,1-2H3,(H,15,16)(H,17,18);;/q;+1;-1. The Labute approximate surface area is 128 Å². The van der Waals surface area contributed by atoms with Gasteiger partial charge in [0.15, 0.2) is 5.92 Å². The molecule has 0 aromatic rings. The Morgan fingerprint density at radius 3 is 2.00 bits per heavy atom. The summed E-state index contributed by atoms with van der Waals surface area (Å²) in [5.41, 5.74) is 0. The molecule has 0 saturated heterocycles. The number of carbonyl (C=O) groups is 2. The van der Waals surface area contributed by atoms with E-state index in [9.17, 15) is 9.59 Å². The molecular formula is C14H25LiO4. The van der Waals surface area contributed by atoms with Gasteiger partial charge in [0.2, 0.25) is 0 Å². The molecule has 1 saturated carbocycles. The number of hydrogen-bond donors (Lipinski definition) is 2. The molecule has 2 atom stereocenters. The Morgan fingerprint density at radius 1 is 1.16 bits per heavy atom. The molecule has 0 radical (unpaired) electrons. The van der Waals surface area contributed by atoms with Gasteiger partial charge in [0, 0.05) is 0 Å². The molecule has 0 amide bonds. The van der Waals surface area contributed by atoms with E-state index in [0.717, 1.165) is 12.8 Å². The van der Waals surface area contributed by atoms with Gasteiger partial charge in [0.25, 0.3) is 0 Å². The summed E-state index contributed by atoms with van der Waals surface area (Å²) in [4.78, 5) is 22.3. The summed E-state index contributed by atoms with van der Waals surface area (Å²) in [6.45, 7) is 3.92. The largest absolute Gasteiger partial charge is 1.00 e. The van der Waals surface area contributed by atoms with Crippen molar-refractivity contribution in [3.05, 3.63) is 0 Å². The molecule has 0 spiro atoms. The molecule has 0 bridgehead atoms. The van der Waals surface area contributed by atoms with E-state index in [0.29, 0.717) is 12.3 Å². The zero-order valence-electron chi connectivity index (χ0n) is 13.3. The van der Waals surface area contributed by atoms with Crippen LogP contribution in [0.5, 0.6) is 0 Å². The summed E-state index contributed by atoms with van der Waals surface area (Å²) in [5, 5.41) is 18.2. The Bertz CT molecular complexity index is 292. The van der Waals surface area contributed by atoms with Crippen LogP contribution in [0.2, 0.25) is 0 Å². The van der Waals surface area contributed by atoms with Crippen molar-refractivity contribution in [2.75, 3.05) is 0 Å². The second-order valence-corrected chi connectivity index (χ2v) is 5.48. The molecule has 0 aromatic heterocycles. The number of carboxylic acid groups (broad SMARTS) is 2. The summed E-state index contributed by atoms with van der Waals surface area (Å²) < 4.78 is 0. The van der Waals surface area contributed by atoms with Crippen LogP contribution in [0.3, 0.4) is 0 Å². The van der Waals surface area contributed by atoms with Gasteiger partial charge in [0.05, 0.1) is 0 Å². The van der Waals surface area contributed by atoms with Crippen molar-refractivity contribution in [1.82, 2.24) is 0 Å². The zero-order valence-corrected chi connectivity index (χ0v) is 12.3. The molecule has 5 heteroatoms. The molecule has 19 heavy (non-hydrogen) atoms. The molecular weight excluding hydrogens is 239 g/mol. The predicted molar refractivity (Wildman–Crippen MR) is 69.4 cm³/mol. The van der Waals surface area contributed by atoms with Gasteiger partial charge in [0.1, 0.15) is 0 Å². The molecule has 1 aliphatic carbocycles. The van der Waals surface area contributed by atoms with E-state index in [4.69, 9.17) is 10.2 Å². The normalized spacial score (nSPS) is 19.5. The fraction of sp³-hybridized carbons (Fsp3) is 0.857. The maximum Gasteiger partial charge on any atom is 1.00 e. The number of rotatable bonds is 6. The minimum atomic E-state index is -1.26. The Morgan fingerprint density at radius 2 is 1.63 bits per heavy atom. The van der Waals surface area contributed by atoms with Gasteiger partial charge in [-0.15, -0.1) is 0 Å².